The molecule has 0 saturated carbocycles. The summed E-state index contributed by atoms with van der Waals surface area (Å²) < 4.78 is 12.9. The average molecular weight is 357 g/mol. The number of benzene rings is 1. The smallest absolute Gasteiger partial charge is 0.270 e. The van der Waals surface area contributed by atoms with Crippen LogP contribution in [-0.4, -0.2) is 28.9 Å². The third-order valence-electron chi connectivity index (χ3n) is 4.56. The van der Waals surface area contributed by atoms with Crippen LogP contribution in [0.15, 0.2) is 24.3 Å². The SMILES string of the molecule is CCC(NC(=O)c1cc(C(C)(C)C)nn1C)c1ccc2c(c1)OCCO2. The van der Waals surface area contributed by atoms with Crippen LogP contribution in [0.2, 0.25) is 0 Å². The summed E-state index contributed by atoms with van der Waals surface area (Å²) in [6.07, 6.45) is 0.773. The van der Waals surface area contributed by atoms with Crippen molar-refractivity contribution in [3.05, 3.63) is 41.2 Å². The molecule has 1 atom stereocenters. The van der Waals surface area contributed by atoms with E-state index >= 15 is 0 Å². The number of carbonyl (C=O) groups is 1. The minimum atomic E-state index is -0.128. The molecule has 0 aliphatic carbocycles. The third-order valence-corrected chi connectivity index (χ3v) is 4.56. The van der Waals surface area contributed by atoms with Gasteiger partial charge in [-0.05, 0) is 30.2 Å². The summed E-state index contributed by atoms with van der Waals surface area (Å²) in [5.74, 6) is 1.36. The Balaban J connectivity index is 1.80. The molecule has 1 aromatic carbocycles. The lowest BCUT2D eigenvalue weighted by Gasteiger charge is -2.22. The van der Waals surface area contributed by atoms with Crippen molar-refractivity contribution in [1.82, 2.24) is 15.1 Å². The highest BCUT2D eigenvalue weighted by Gasteiger charge is 2.24. The molecule has 6 heteroatoms. The number of nitrogens with one attached hydrogen (secondary N) is 1. The van der Waals surface area contributed by atoms with Gasteiger partial charge in [-0.15, -0.1) is 0 Å². The Hall–Kier alpha value is -2.50. The zero-order valence-corrected chi connectivity index (χ0v) is 16.1. The van der Waals surface area contributed by atoms with Crippen LogP contribution in [-0.2, 0) is 12.5 Å². The maximum absolute atomic E-state index is 12.8. The molecule has 0 saturated heterocycles. The lowest BCUT2D eigenvalue weighted by Crippen LogP contribution is -2.30. The number of amides is 1. The Morgan fingerprint density at radius 2 is 1.92 bits per heavy atom. The molecule has 0 fully saturated rings. The Kier molecular flexibility index (Phi) is 4.94. The Morgan fingerprint density at radius 1 is 1.23 bits per heavy atom. The molecule has 1 aliphatic heterocycles. The number of aromatic nitrogens is 2. The van der Waals surface area contributed by atoms with E-state index in [-0.39, 0.29) is 17.4 Å². The number of fused-ring (bicyclic) bond motifs is 1. The summed E-state index contributed by atoms with van der Waals surface area (Å²) in [5.41, 5.74) is 2.36. The second-order valence-electron chi connectivity index (χ2n) is 7.63. The van der Waals surface area contributed by atoms with E-state index in [1.165, 1.54) is 0 Å². The Bertz CT molecular complexity index is 805. The molecule has 140 valence electrons. The maximum atomic E-state index is 12.8. The molecule has 3 rings (SSSR count). The summed E-state index contributed by atoms with van der Waals surface area (Å²) in [6.45, 7) is 9.41. The largest absolute Gasteiger partial charge is 0.486 e. The van der Waals surface area contributed by atoms with Gasteiger partial charge in [0.05, 0.1) is 11.7 Å². The van der Waals surface area contributed by atoms with E-state index in [2.05, 4.69) is 31.2 Å². The molecule has 1 N–H and O–H groups in total. The summed E-state index contributed by atoms with van der Waals surface area (Å²) in [5, 5.41) is 7.60. The normalized spacial score (nSPS) is 14.8. The second kappa shape index (κ2) is 7.02. The van der Waals surface area contributed by atoms with Crippen LogP contribution in [0.1, 0.15) is 61.9 Å². The Labute approximate surface area is 154 Å². The van der Waals surface area contributed by atoms with E-state index in [1.54, 1.807) is 11.7 Å². The Morgan fingerprint density at radius 3 is 2.54 bits per heavy atom. The van der Waals surface area contributed by atoms with Crippen LogP contribution in [0, 0.1) is 0 Å². The molecular formula is C20H27N3O3. The third kappa shape index (κ3) is 3.69. The van der Waals surface area contributed by atoms with Crippen molar-refractivity contribution in [2.75, 3.05) is 13.2 Å². The van der Waals surface area contributed by atoms with Gasteiger partial charge in [0.25, 0.3) is 5.91 Å². The van der Waals surface area contributed by atoms with Gasteiger partial charge in [0.1, 0.15) is 18.9 Å². The van der Waals surface area contributed by atoms with Gasteiger partial charge >= 0.3 is 0 Å². The molecule has 0 radical (unpaired) electrons. The minimum absolute atomic E-state index is 0.101. The average Bonchev–Trinajstić information content (AvgIpc) is 3.01. The number of hydrogen-bond acceptors (Lipinski definition) is 4. The molecule has 1 amide bonds. The lowest BCUT2D eigenvalue weighted by atomic mass is 9.92. The fourth-order valence-corrected chi connectivity index (χ4v) is 2.98. The zero-order chi connectivity index (χ0) is 18.9. The number of nitrogens with zero attached hydrogens (tertiary/aromatic N) is 2. The number of rotatable bonds is 4. The fourth-order valence-electron chi connectivity index (χ4n) is 2.98. The van der Waals surface area contributed by atoms with Crippen LogP contribution in [0.4, 0.5) is 0 Å². The number of carbonyl (C=O) groups excluding carboxylic acids is 1. The first-order chi connectivity index (χ1) is 12.3. The topological polar surface area (TPSA) is 65.4 Å². The lowest BCUT2D eigenvalue weighted by molar-refractivity contribution is 0.0926. The van der Waals surface area contributed by atoms with E-state index in [9.17, 15) is 4.79 Å². The van der Waals surface area contributed by atoms with E-state index in [4.69, 9.17) is 9.47 Å². The molecule has 26 heavy (non-hydrogen) atoms. The minimum Gasteiger partial charge on any atom is -0.486 e. The van der Waals surface area contributed by atoms with Crippen molar-refractivity contribution in [3.63, 3.8) is 0 Å². The number of hydrogen-bond donors (Lipinski definition) is 1. The molecule has 0 bridgehead atoms. The first-order valence-corrected chi connectivity index (χ1v) is 9.04. The van der Waals surface area contributed by atoms with Crippen molar-refractivity contribution >= 4 is 5.91 Å². The van der Waals surface area contributed by atoms with Crippen LogP contribution >= 0.6 is 0 Å². The van der Waals surface area contributed by atoms with Gasteiger partial charge in [0, 0.05) is 12.5 Å². The van der Waals surface area contributed by atoms with Gasteiger partial charge < -0.3 is 14.8 Å². The van der Waals surface area contributed by atoms with Crippen LogP contribution in [0.25, 0.3) is 0 Å². The van der Waals surface area contributed by atoms with Crippen molar-refractivity contribution in [2.24, 2.45) is 7.05 Å². The highest BCUT2D eigenvalue weighted by molar-refractivity contribution is 5.93. The summed E-state index contributed by atoms with van der Waals surface area (Å²) in [4.78, 5) is 12.8. The van der Waals surface area contributed by atoms with Crippen LogP contribution < -0.4 is 14.8 Å². The quantitative estimate of drug-likeness (QED) is 0.911. The van der Waals surface area contributed by atoms with Gasteiger partial charge in [0.2, 0.25) is 0 Å². The van der Waals surface area contributed by atoms with Crippen LogP contribution in [0.5, 0.6) is 11.5 Å². The molecule has 1 aromatic heterocycles. The van der Waals surface area contributed by atoms with Gasteiger partial charge in [-0.1, -0.05) is 33.8 Å². The number of aryl methyl sites for hydroxylation is 1. The fraction of sp³-hybridized carbons (Fsp3) is 0.500. The summed E-state index contributed by atoms with van der Waals surface area (Å²) in [6, 6.07) is 7.59. The molecule has 1 aliphatic rings. The van der Waals surface area contributed by atoms with Gasteiger partial charge in [-0.2, -0.15) is 5.10 Å². The van der Waals surface area contributed by atoms with Gasteiger partial charge in [0.15, 0.2) is 11.5 Å². The molecule has 1 unspecified atom stereocenters. The van der Waals surface area contributed by atoms with Crippen LogP contribution in [0.3, 0.4) is 0 Å². The standard InChI is InChI=1S/C20H27N3O3/c1-6-14(13-7-8-16-17(11-13)26-10-9-25-16)21-19(24)15-12-18(20(2,3)4)22-23(15)5/h7-8,11-12,14H,6,9-10H2,1-5H3,(H,21,24). The predicted octanol–water partition coefficient (Wildman–Crippen LogP) is 3.37. The molecule has 0 spiro atoms. The van der Waals surface area contributed by atoms with Gasteiger partial charge in [-0.25, -0.2) is 0 Å². The monoisotopic (exact) mass is 357 g/mol. The van der Waals surface area contributed by atoms with Crippen molar-refractivity contribution in [2.45, 2.75) is 45.6 Å². The van der Waals surface area contributed by atoms with Crippen molar-refractivity contribution in [1.29, 1.82) is 0 Å². The van der Waals surface area contributed by atoms with E-state index in [0.717, 1.165) is 29.2 Å². The van der Waals surface area contributed by atoms with E-state index in [0.29, 0.717) is 18.9 Å². The van der Waals surface area contributed by atoms with Gasteiger partial charge in [-0.3, -0.25) is 9.48 Å². The summed E-state index contributed by atoms with van der Waals surface area (Å²) in [7, 11) is 1.80. The molecular weight excluding hydrogens is 330 g/mol. The molecule has 2 aromatic rings. The molecule has 2 heterocycles. The van der Waals surface area contributed by atoms with E-state index in [1.807, 2.05) is 31.2 Å². The maximum Gasteiger partial charge on any atom is 0.270 e. The zero-order valence-electron chi connectivity index (χ0n) is 16.1. The van der Waals surface area contributed by atoms with E-state index < -0.39 is 0 Å². The molecule has 6 nitrogen and oxygen atoms in total. The first kappa shape index (κ1) is 18.3. The first-order valence-electron chi connectivity index (χ1n) is 9.04. The highest BCUT2D eigenvalue weighted by Crippen LogP contribution is 2.33. The summed E-state index contributed by atoms with van der Waals surface area (Å²) >= 11 is 0. The second-order valence-corrected chi connectivity index (χ2v) is 7.63. The predicted molar refractivity (Wildman–Crippen MR) is 99.8 cm³/mol. The highest BCUT2D eigenvalue weighted by atomic mass is 16.6. The van der Waals surface area contributed by atoms with Crippen molar-refractivity contribution in [3.8, 4) is 11.5 Å². The number of ether oxygens (including phenoxy) is 2. The van der Waals surface area contributed by atoms with Crippen molar-refractivity contribution < 1.29 is 14.3 Å².